The molecule has 1 fully saturated rings. The number of likely N-dealkylation sites (N-methyl/N-ethyl adjacent to an activating group) is 1. The normalized spacial score (nSPS) is 16.0. The highest BCUT2D eigenvalue weighted by Gasteiger charge is 2.20. The number of aromatic nitrogens is 3. The van der Waals surface area contributed by atoms with Crippen molar-refractivity contribution in [1.82, 2.24) is 18.7 Å². The second-order valence-corrected chi connectivity index (χ2v) is 5.72. The Morgan fingerprint density at radius 1 is 1.05 bits per heavy atom. The molecule has 1 saturated heterocycles. The van der Waals surface area contributed by atoms with E-state index in [1.54, 1.807) is 0 Å². The molecule has 8 heteroatoms. The molecule has 0 amide bonds. The second-order valence-electron chi connectivity index (χ2n) is 4.99. The third-order valence-corrected chi connectivity index (χ3v) is 4.42. The van der Waals surface area contributed by atoms with Crippen molar-refractivity contribution in [1.29, 1.82) is 0 Å². The molecule has 1 aromatic carbocycles. The van der Waals surface area contributed by atoms with Crippen LogP contribution in [-0.2, 0) is 0 Å². The van der Waals surface area contributed by atoms with Gasteiger partial charge in [0.1, 0.15) is 0 Å². The second kappa shape index (κ2) is 6.36. The first-order chi connectivity index (χ1) is 9.33. The van der Waals surface area contributed by atoms with Crippen molar-refractivity contribution in [3.63, 3.8) is 0 Å². The minimum atomic E-state index is 0. The van der Waals surface area contributed by atoms with Crippen molar-refractivity contribution in [3.05, 3.63) is 24.3 Å². The summed E-state index contributed by atoms with van der Waals surface area (Å²) < 4.78 is 6.79. The largest absolute Gasteiger partial charge is 0.339 e. The van der Waals surface area contributed by atoms with E-state index in [4.69, 9.17) is 0 Å². The van der Waals surface area contributed by atoms with Crippen LogP contribution in [0.1, 0.15) is 0 Å². The van der Waals surface area contributed by atoms with Crippen LogP contribution in [-0.4, -0.2) is 51.9 Å². The van der Waals surface area contributed by atoms with Gasteiger partial charge in [-0.3, -0.25) is 4.40 Å². The molecule has 1 aliphatic rings. The number of hydrogen-bond donors (Lipinski definition) is 0. The molecule has 3 aromatic rings. The van der Waals surface area contributed by atoms with Crippen molar-refractivity contribution < 1.29 is 0 Å². The minimum absolute atomic E-state index is 0. The van der Waals surface area contributed by atoms with Crippen LogP contribution in [0.25, 0.3) is 16.0 Å². The lowest BCUT2D eigenvalue weighted by atomic mass is 10.3. The summed E-state index contributed by atoms with van der Waals surface area (Å²) in [4.78, 5) is 10.3. The van der Waals surface area contributed by atoms with Gasteiger partial charge in [-0.1, -0.05) is 12.1 Å². The topological polar surface area (TPSA) is 36.7 Å². The molecular weight excluding hydrogens is 329 g/mol. The highest BCUT2D eigenvalue weighted by Crippen LogP contribution is 2.26. The first-order valence-electron chi connectivity index (χ1n) is 6.49. The Balaban J connectivity index is 0.000000807. The molecule has 0 bridgehead atoms. The molecule has 0 radical (unpaired) electrons. The van der Waals surface area contributed by atoms with Gasteiger partial charge in [-0.05, 0) is 19.2 Å². The predicted molar refractivity (Wildman–Crippen MR) is 92.6 cm³/mol. The summed E-state index contributed by atoms with van der Waals surface area (Å²) in [6.07, 6.45) is 0. The number of piperazine rings is 1. The zero-order chi connectivity index (χ0) is 12.8. The van der Waals surface area contributed by atoms with Gasteiger partial charge >= 0.3 is 0 Å². The molecule has 5 nitrogen and oxygen atoms in total. The molecule has 0 N–H and O–H groups in total. The third-order valence-electron chi connectivity index (χ3n) is 3.73. The van der Waals surface area contributed by atoms with E-state index in [0.717, 1.165) is 48.1 Å². The molecule has 0 aliphatic carbocycles. The molecule has 21 heavy (non-hydrogen) atoms. The quantitative estimate of drug-likeness (QED) is 0.679. The van der Waals surface area contributed by atoms with Gasteiger partial charge in [-0.15, -0.1) is 24.8 Å². The Hall–Kier alpha value is -1.08. The van der Waals surface area contributed by atoms with Gasteiger partial charge in [0.25, 0.3) is 0 Å². The summed E-state index contributed by atoms with van der Waals surface area (Å²) in [7, 11) is 2.17. The Bertz CT molecular complexity index is 732. The summed E-state index contributed by atoms with van der Waals surface area (Å²) in [5.74, 6) is 1.04. The number of nitrogens with zero attached hydrogens (tertiary/aromatic N) is 5. The highest BCUT2D eigenvalue weighted by atomic mass is 35.5. The molecule has 0 saturated carbocycles. The van der Waals surface area contributed by atoms with Crippen molar-refractivity contribution >= 4 is 58.3 Å². The summed E-state index contributed by atoms with van der Waals surface area (Å²) in [5, 5.41) is 0. The monoisotopic (exact) mass is 345 g/mol. The summed E-state index contributed by atoms with van der Waals surface area (Å²) in [5.41, 5.74) is 2.20. The maximum absolute atomic E-state index is 4.63. The zero-order valence-electron chi connectivity index (χ0n) is 11.6. The predicted octanol–water partition coefficient (Wildman–Crippen LogP) is 2.54. The zero-order valence-corrected chi connectivity index (χ0v) is 14.0. The average molecular weight is 346 g/mol. The molecule has 114 valence electrons. The summed E-state index contributed by atoms with van der Waals surface area (Å²) in [6, 6.07) is 8.26. The molecular formula is C13H17Cl2N5S. The fraction of sp³-hybridized carbons (Fsp3) is 0.385. The van der Waals surface area contributed by atoms with E-state index in [-0.39, 0.29) is 24.8 Å². The number of imidazole rings is 1. The van der Waals surface area contributed by atoms with Gasteiger partial charge in [0.15, 0.2) is 0 Å². The number of rotatable bonds is 1. The number of hydrogen-bond acceptors (Lipinski definition) is 5. The number of fused-ring (bicyclic) bond motifs is 3. The van der Waals surface area contributed by atoms with Crippen LogP contribution in [0.15, 0.2) is 24.3 Å². The van der Waals surface area contributed by atoms with E-state index in [1.165, 1.54) is 11.5 Å². The molecule has 2 aromatic heterocycles. The van der Waals surface area contributed by atoms with E-state index in [9.17, 15) is 0 Å². The third kappa shape index (κ3) is 2.68. The Morgan fingerprint density at radius 2 is 1.76 bits per heavy atom. The lowest BCUT2D eigenvalue weighted by Crippen LogP contribution is -2.45. The first-order valence-corrected chi connectivity index (χ1v) is 7.26. The smallest absolute Gasteiger partial charge is 0.223 e. The lowest BCUT2D eigenvalue weighted by Gasteiger charge is -2.32. The molecule has 1 aliphatic heterocycles. The van der Waals surface area contributed by atoms with Gasteiger partial charge < -0.3 is 9.80 Å². The molecule has 4 rings (SSSR count). The van der Waals surface area contributed by atoms with Crippen molar-refractivity contribution in [3.8, 4) is 0 Å². The molecule has 0 spiro atoms. The molecule has 0 atom stereocenters. The Kier molecular flexibility index (Phi) is 4.93. The van der Waals surface area contributed by atoms with E-state index in [2.05, 4.69) is 48.8 Å². The number of halogens is 2. The van der Waals surface area contributed by atoms with Gasteiger partial charge in [-0.2, -0.15) is 4.37 Å². The van der Waals surface area contributed by atoms with Gasteiger partial charge in [-0.25, -0.2) is 4.98 Å². The van der Waals surface area contributed by atoms with Crippen LogP contribution < -0.4 is 4.90 Å². The molecule has 0 unspecified atom stereocenters. The van der Waals surface area contributed by atoms with Crippen molar-refractivity contribution in [2.24, 2.45) is 0 Å². The fourth-order valence-electron chi connectivity index (χ4n) is 2.59. The van der Waals surface area contributed by atoms with Crippen LogP contribution >= 0.6 is 36.3 Å². The standard InChI is InChI=1S/C13H15N5S.2ClH/c1-16-6-8-17(9-7-16)12-15-19-13-14-10-4-2-3-5-11(10)18(12)13;;/h2-5H,6-9H2,1H3;2*1H. The maximum atomic E-state index is 4.63. The Morgan fingerprint density at radius 3 is 2.52 bits per heavy atom. The Labute approximate surface area is 139 Å². The van der Waals surface area contributed by atoms with Gasteiger partial charge in [0.05, 0.1) is 11.0 Å². The number of anilines is 1. The van der Waals surface area contributed by atoms with Crippen LogP contribution in [0.3, 0.4) is 0 Å². The van der Waals surface area contributed by atoms with Crippen LogP contribution in [0, 0.1) is 0 Å². The van der Waals surface area contributed by atoms with E-state index < -0.39 is 0 Å². The van der Waals surface area contributed by atoms with Crippen molar-refractivity contribution in [2.75, 3.05) is 38.1 Å². The number of benzene rings is 1. The van der Waals surface area contributed by atoms with Crippen molar-refractivity contribution in [2.45, 2.75) is 0 Å². The maximum Gasteiger partial charge on any atom is 0.223 e. The summed E-state index contributed by atoms with van der Waals surface area (Å²) >= 11 is 1.48. The van der Waals surface area contributed by atoms with Gasteiger partial charge in [0.2, 0.25) is 10.9 Å². The van der Waals surface area contributed by atoms with Crippen LogP contribution in [0.5, 0.6) is 0 Å². The lowest BCUT2D eigenvalue weighted by molar-refractivity contribution is 0.311. The first kappa shape index (κ1) is 16.3. The van der Waals surface area contributed by atoms with E-state index >= 15 is 0 Å². The van der Waals surface area contributed by atoms with Gasteiger partial charge in [0, 0.05) is 37.7 Å². The van der Waals surface area contributed by atoms with Crippen LogP contribution in [0.4, 0.5) is 5.95 Å². The van der Waals surface area contributed by atoms with E-state index in [1.807, 2.05) is 6.07 Å². The van der Waals surface area contributed by atoms with E-state index in [0.29, 0.717) is 0 Å². The SMILES string of the molecule is CN1CCN(c2nsc3nc4ccccc4n23)CC1.Cl.Cl. The summed E-state index contributed by atoms with van der Waals surface area (Å²) in [6.45, 7) is 4.24. The highest BCUT2D eigenvalue weighted by molar-refractivity contribution is 7.11. The molecule has 3 heterocycles. The average Bonchev–Trinajstić information content (AvgIpc) is 2.98. The van der Waals surface area contributed by atoms with Crippen LogP contribution in [0.2, 0.25) is 0 Å². The fourth-order valence-corrected chi connectivity index (χ4v) is 3.35. The number of para-hydroxylation sites is 2. The minimum Gasteiger partial charge on any atom is -0.339 e.